The van der Waals surface area contributed by atoms with Gasteiger partial charge in [-0.3, -0.25) is 0 Å². The molecule has 0 saturated heterocycles. The number of ether oxygens (including phenoxy) is 1. The van der Waals surface area contributed by atoms with Crippen LogP contribution < -0.4 is 15.4 Å². The van der Waals surface area contributed by atoms with Crippen molar-refractivity contribution in [3.05, 3.63) is 66.5 Å². The molecule has 0 aliphatic heterocycles. The van der Waals surface area contributed by atoms with Crippen LogP contribution in [0.15, 0.2) is 60.9 Å². The molecule has 122 valence electrons. The van der Waals surface area contributed by atoms with Gasteiger partial charge in [-0.1, -0.05) is 18.2 Å². The van der Waals surface area contributed by atoms with Crippen LogP contribution in [0.5, 0.6) is 5.75 Å². The van der Waals surface area contributed by atoms with Crippen molar-refractivity contribution >= 4 is 17.6 Å². The Morgan fingerprint density at radius 2 is 1.79 bits per heavy atom. The quantitative estimate of drug-likeness (QED) is 0.696. The van der Waals surface area contributed by atoms with Gasteiger partial charge in [0.2, 0.25) is 5.95 Å². The highest BCUT2D eigenvalue weighted by Gasteiger charge is 2.01. The summed E-state index contributed by atoms with van der Waals surface area (Å²) in [6.45, 7) is 0.784. The normalized spacial score (nSPS) is 10.2. The lowest BCUT2D eigenvalue weighted by atomic mass is 10.1. The fraction of sp³-hybridized carbons (Fsp3) is 0.167. The van der Waals surface area contributed by atoms with Gasteiger partial charge < -0.3 is 15.4 Å². The van der Waals surface area contributed by atoms with E-state index in [1.807, 2.05) is 36.4 Å². The Morgan fingerprint density at radius 1 is 0.917 bits per heavy atom. The van der Waals surface area contributed by atoms with Crippen molar-refractivity contribution in [1.29, 1.82) is 0 Å². The molecule has 2 N–H and O–H groups in total. The maximum absolute atomic E-state index is 5.16. The van der Waals surface area contributed by atoms with Gasteiger partial charge in [-0.05, 0) is 42.3 Å². The van der Waals surface area contributed by atoms with E-state index < -0.39 is 0 Å². The van der Waals surface area contributed by atoms with Crippen molar-refractivity contribution in [3.63, 3.8) is 0 Å². The second kappa shape index (κ2) is 7.92. The minimum absolute atomic E-state index is 0.517. The van der Waals surface area contributed by atoms with Crippen LogP contribution in [0.1, 0.15) is 5.56 Å². The van der Waals surface area contributed by atoms with Crippen LogP contribution in [-0.2, 0) is 6.42 Å². The Hall–Kier alpha value is -3.15. The molecule has 6 nitrogen and oxygen atoms in total. The Kier molecular flexibility index (Phi) is 5.19. The highest BCUT2D eigenvalue weighted by molar-refractivity contribution is 5.49. The summed E-state index contributed by atoms with van der Waals surface area (Å²) >= 11 is 0. The van der Waals surface area contributed by atoms with Gasteiger partial charge in [0.15, 0.2) is 0 Å². The third kappa shape index (κ3) is 4.42. The first-order chi connectivity index (χ1) is 11.8. The summed E-state index contributed by atoms with van der Waals surface area (Å²) in [6.07, 6.45) is 4.34. The number of hydrogen-bond donors (Lipinski definition) is 2. The molecule has 0 aliphatic rings. The molecule has 2 heterocycles. The molecule has 3 rings (SSSR count). The maximum atomic E-state index is 5.16. The number of nitrogens with one attached hydrogen (secondary N) is 2. The first-order valence-electron chi connectivity index (χ1n) is 7.71. The van der Waals surface area contributed by atoms with E-state index in [-0.39, 0.29) is 0 Å². The van der Waals surface area contributed by atoms with Gasteiger partial charge >= 0.3 is 0 Å². The summed E-state index contributed by atoms with van der Waals surface area (Å²) < 4.78 is 5.16. The van der Waals surface area contributed by atoms with E-state index in [2.05, 4.69) is 37.7 Å². The van der Waals surface area contributed by atoms with Crippen molar-refractivity contribution in [2.45, 2.75) is 6.42 Å². The molecule has 3 aromatic rings. The fourth-order valence-electron chi connectivity index (χ4n) is 2.20. The van der Waals surface area contributed by atoms with E-state index in [0.29, 0.717) is 11.8 Å². The largest absolute Gasteiger partial charge is 0.497 e. The second-order valence-corrected chi connectivity index (χ2v) is 5.13. The van der Waals surface area contributed by atoms with Gasteiger partial charge in [0.25, 0.3) is 0 Å². The summed E-state index contributed by atoms with van der Waals surface area (Å²) in [4.78, 5) is 12.8. The fourth-order valence-corrected chi connectivity index (χ4v) is 2.20. The number of methoxy groups -OCH3 is 1. The molecular weight excluding hydrogens is 302 g/mol. The van der Waals surface area contributed by atoms with Crippen LogP contribution in [-0.4, -0.2) is 28.6 Å². The second-order valence-electron chi connectivity index (χ2n) is 5.13. The number of benzene rings is 1. The van der Waals surface area contributed by atoms with E-state index in [0.717, 1.165) is 24.5 Å². The van der Waals surface area contributed by atoms with Gasteiger partial charge in [-0.2, -0.15) is 4.98 Å². The first-order valence-corrected chi connectivity index (χ1v) is 7.71. The molecular formula is C18H19N5O. The Balaban J connectivity index is 1.54. The van der Waals surface area contributed by atoms with Crippen LogP contribution >= 0.6 is 0 Å². The number of pyridine rings is 1. The number of anilines is 3. The average molecular weight is 321 g/mol. The molecule has 24 heavy (non-hydrogen) atoms. The van der Waals surface area contributed by atoms with Crippen molar-refractivity contribution in [2.24, 2.45) is 0 Å². The van der Waals surface area contributed by atoms with Gasteiger partial charge in [-0.15, -0.1) is 0 Å². The summed E-state index contributed by atoms with van der Waals surface area (Å²) in [5.74, 6) is 2.88. The number of nitrogens with zero attached hydrogens (tertiary/aromatic N) is 3. The van der Waals surface area contributed by atoms with Gasteiger partial charge in [-0.25, -0.2) is 9.97 Å². The van der Waals surface area contributed by atoms with Crippen molar-refractivity contribution < 1.29 is 4.74 Å². The third-order valence-electron chi connectivity index (χ3n) is 3.44. The molecule has 0 aliphatic carbocycles. The molecule has 2 aromatic heterocycles. The molecule has 0 atom stereocenters. The Morgan fingerprint density at radius 3 is 2.54 bits per heavy atom. The smallest absolute Gasteiger partial charge is 0.230 e. The van der Waals surface area contributed by atoms with E-state index in [1.165, 1.54) is 5.56 Å². The molecule has 0 radical (unpaired) electrons. The molecule has 1 aromatic carbocycles. The Bertz CT molecular complexity index is 762. The van der Waals surface area contributed by atoms with E-state index in [9.17, 15) is 0 Å². The zero-order valence-corrected chi connectivity index (χ0v) is 13.4. The number of hydrogen-bond acceptors (Lipinski definition) is 6. The standard InChI is InChI=1S/C18H19N5O/c1-24-15-7-5-14(6-8-15)9-12-20-17-10-13-21-18(23-17)22-16-4-2-3-11-19-16/h2-8,10-11,13H,9,12H2,1H3,(H2,19,20,21,22,23). The zero-order valence-electron chi connectivity index (χ0n) is 13.4. The van der Waals surface area contributed by atoms with Gasteiger partial charge in [0, 0.05) is 18.9 Å². The monoisotopic (exact) mass is 321 g/mol. The summed E-state index contributed by atoms with van der Waals surface area (Å²) in [5, 5.41) is 6.38. The highest BCUT2D eigenvalue weighted by Crippen LogP contribution is 2.13. The SMILES string of the molecule is COc1ccc(CCNc2ccnc(Nc3ccccn3)n2)cc1. The average Bonchev–Trinajstić information content (AvgIpc) is 2.63. The van der Waals surface area contributed by atoms with Gasteiger partial charge in [0.05, 0.1) is 7.11 Å². The minimum atomic E-state index is 0.517. The first kappa shape index (κ1) is 15.7. The lowest BCUT2D eigenvalue weighted by Gasteiger charge is -2.08. The van der Waals surface area contributed by atoms with E-state index >= 15 is 0 Å². The zero-order chi connectivity index (χ0) is 16.6. The van der Waals surface area contributed by atoms with Crippen LogP contribution in [0.4, 0.5) is 17.6 Å². The van der Waals surface area contributed by atoms with Crippen molar-refractivity contribution in [1.82, 2.24) is 15.0 Å². The summed E-state index contributed by atoms with van der Waals surface area (Å²) in [7, 11) is 1.67. The highest BCUT2D eigenvalue weighted by atomic mass is 16.5. The molecule has 0 amide bonds. The molecule has 6 heteroatoms. The van der Waals surface area contributed by atoms with Crippen molar-refractivity contribution in [3.8, 4) is 5.75 Å². The minimum Gasteiger partial charge on any atom is -0.497 e. The maximum Gasteiger partial charge on any atom is 0.230 e. The van der Waals surface area contributed by atoms with Crippen LogP contribution in [0.3, 0.4) is 0 Å². The van der Waals surface area contributed by atoms with E-state index in [1.54, 1.807) is 19.5 Å². The van der Waals surface area contributed by atoms with Crippen LogP contribution in [0.2, 0.25) is 0 Å². The predicted octanol–water partition coefficient (Wildman–Crippen LogP) is 3.28. The lowest BCUT2D eigenvalue weighted by molar-refractivity contribution is 0.414. The van der Waals surface area contributed by atoms with E-state index in [4.69, 9.17) is 4.74 Å². The number of rotatable bonds is 7. The molecule has 0 saturated carbocycles. The summed E-state index contributed by atoms with van der Waals surface area (Å²) in [6, 6.07) is 15.5. The summed E-state index contributed by atoms with van der Waals surface area (Å²) in [5.41, 5.74) is 1.24. The number of aromatic nitrogens is 3. The molecule has 0 spiro atoms. The van der Waals surface area contributed by atoms with Gasteiger partial charge in [0.1, 0.15) is 17.4 Å². The third-order valence-corrected chi connectivity index (χ3v) is 3.44. The molecule has 0 unspecified atom stereocenters. The molecule has 0 bridgehead atoms. The lowest BCUT2D eigenvalue weighted by Crippen LogP contribution is -2.08. The molecule has 0 fully saturated rings. The Labute approximate surface area is 141 Å². The topological polar surface area (TPSA) is 72.0 Å². The predicted molar refractivity (Wildman–Crippen MR) is 94.7 cm³/mol. The van der Waals surface area contributed by atoms with Crippen molar-refractivity contribution in [2.75, 3.05) is 24.3 Å². The van der Waals surface area contributed by atoms with Crippen LogP contribution in [0, 0.1) is 0 Å². The van der Waals surface area contributed by atoms with Crippen LogP contribution in [0.25, 0.3) is 0 Å².